The Hall–Kier alpha value is -1.69. The Labute approximate surface area is 117 Å². The highest BCUT2D eigenvalue weighted by Gasteiger charge is 2.39. The highest BCUT2D eigenvalue weighted by atomic mass is 16.5. The van der Waals surface area contributed by atoms with Gasteiger partial charge in [0.05, 0.1) is 5.69 Å². The highest BCUT2D eigenvalue weighted by molar-refractivity contribution is 5.87. The van der Waals surface area contributed by atoms with Crippen molar-refractivity contribution in [2.45, 2.75) is 32.2 Å². The average molecular weight is 273 g/mol. The number of hydrogen-bond donors (Lipinski definition) is 1. The third-order valence-electron chi connectivity index (χ3n) is 4.88. The van der Waals surface area contributed by atoms with Gasteiger partial charge in [0.1, 0.15) is 17.5 Å². The molecule has 0 bridgehead atoms. The maximum absolute atomic E-state index is 6.29. The van der Waals surface area contributed by atoms with Crippen molar-refractivity contribution in [2.75, 3.05) is 18.0 Å². The van der Waals surface area contributed by atoms with Gasteiger partial charge in [-0.05, 0) is 31.6 Å². The molecule has 1 saturated heterocycles. The van der Waals surface area contributed by atoms with Crippen molar-refractivity contribution in [1.82, 2.24) is 15.1 Å². The molecular formula is C14H19N5O. The molecule has 2 fully saturated rings. The fourth-order valence-corrected chi connectivity index (χ4v) is 3.83. The Morgan fingerprint density at radius 1 is 1.30 bits per heavy atom. The molecule has 0 amide bonds. The number of aryl methyl sites for hydroxylation is 1. The van der Waals surface area contributed by atoms with Crippen LogP contribution in [0.3, 0.4) is 0 Å². The lowest BCUT2D eigenvalue weighted by molar-refractivity contribution is 0.260. The molecule has 1 aliphatic carbocycles. The van der Waals surface area contributed by atoms with E-state index in [1.54, 1.807) is 6.33 Å². The minimum absolute atomic E-state index is 0.333. The fraction of sp³-hybridized carbons (Fsp3) is 0.643. The van der Waals surface area contributed by atoms with Gasteiger partial charge in [-0.15, -0.1) is 0 Å². The number of nitrogens with two attached hydrogens (primary N) is 1. The van der Waals surface area contributed by atoms with Crippen molar-refractivity contribution in [3.8, 4) is 0 Å². The molecule has 106 valence electrons. The van der Waals surface area contributed by atoms with Gasteiger partial charge in [0.2, 0.25) is 0 Å². The van der Waals surface area contributed by atoms with Gasteiger partial charge >= 0.3 is 0 Å². The van der Waals surface area contributed by atoms with Crippen molar-refractivity contribution in [3.05, 3.63) is 12.0 Å². The molecule has 2 aliphatic rings. The van der Waals surface area contributed by atoms with E-state index >= 15 is 0 Å². The molecule has 0 aromatic carbocycles. The second kappa shape index (κ2) is 4.41. The number of anilines is 1. The Morgan fingerprint density at radius 3 is 3.05 bits per heavy atom. The zero-order chi connectivity index (χ0) is 13.7. The average Bonchev–Trinajstić information content (AvgIpc) is 3.04. The summed E-state index contributed by atoms with van der Waals surface area (Å²) in [7, 11) is 0. The SMILES string of the molecule is Cc1noc2ncnc(N3CC4CCCC(N)C4C3)c12. The summed E-state index contributed by atoms with van der Waals surface area (Å²) in [5.41, 5.74) is 7.72. The zero-order valence-corrected chi connectivity index (χ0v) is 11.6. The summed E-state index contributed by atoms with van der Waals surface area (Å²) in [4.78, 5) is 11.0. The van der Waals surface area contributed by atoms with Gasteiger partial charge in [-0.1, -0.05) is 11.6 Å². The lowest BCUT2D eigenvalue weighted by atomic mass is 9.78. The minimum Gasteiger partial charge on any atom is -0.355 e. The quantitative estimate of drug-likeness (QED) is 0.847. The minimum atomic E-state index is 0.333. The maximum Gasteiger partial charge on any atom is 0.263 e. The summed E-state index contributed by atoms with van der Waals surface area (Å²) in [6.45, 7) is 3.96. The van der Waals surface area contributed by atoms with E-state index in [9.17, 15) is 0 Å². The third-order valence-corrected chi connectivity index (χ3v) is 4.88. The first-order valence-electron chi connectivity index (χ1n) is 7.31. The number of hydrogen-bond acceptors (Lipinski definition) is 6. The molecule has 3 unspecified atom stereocenters. The second-order valence-corrected chi connectivity index (χ2v) is 6.07. The smallest absolute Gasteiger partial charge is 0.263 e. The number of aromatic nitrogens is 3. The molecule has 4 rings (SSSR count). The zero-order valence-electron chi connectivity index (χ0n) is 11.6. The van der Waals surface area contributed by atoms with E-state index in [0.29, 0.717) is 23.6 Å². The topological polar surface area (TPSA) is 81.1 Å². The van der Waals surface area contributed by atoms with Crippen LogP contribution in [0.1, 0.15) is 25.0 Å². The van der Waals surface area contributed by atoms with E-state index < -0.39 is 0 Å². The van der Waals surface area contributed by atoms with Gasteiger partial charge in [-0.2, -0.15) is 4.98 Å². The van der Waals surface area contributed by atoms with Gasteiger partial charge in [0.15, 0.2) is 0 Å². The largest absolute Gasteiger partial charge is 0.355 e. The van der Waals surface area contributed by atoms with Crippen LogP contribution in [-0.4, -0.2) is 34.3 Å². The molecule has 3 heterocycles. The lowest BCUT2D eigenvalue weighted by Gasteiger charge is -2.29. The van der Waals surface area contributed by atoms with Gasteiger partial charge in [0, 0.05) is 19.1 Å². The van der Waals surface area contributed by atoms with E-state index in [1.807, 2.05) is 6.92 Å². The molecule has 0 radical (unpaired) electrons. The Bertz CT molecular complexity index is 640. The molecule has 0 spiro atoms. The maximum atomic E-state index is 6.29. The van der Waals surface area contributed by atoms with Crippen LogP contribution in [0, 0.1) is 18.8 Å². The summed E-state index contributed by atoms with van der Waals surface area (Å²) < 4.78 is 5.24. The van der Waals surface area contributed by atoms with Crippen LogP contribution in [-0.2, 0) is 0 Å². The first-order chi connectivity index (χ1) is 9.74. The van der Waals surface area contributed by atoms with Crippen LogP contribution in [0.15, 0.2) is 10.9 Å². The van der Waals surface area contributed by atoms with Gasteiger partial charge < -0.3 is 15.2 Å². The lowest BCUT2D eigenvalue weighted by Crippen LogP contribution is -2.38. The molecular weight excluding hydrogens is 254 g/mol. The van der Waals surface area contributed by atoms with Crippen LogP contribution in [0.25, 0.3) is 11.1 Å². The van der Waals surface area contributed by atoms with E-state index in [2.05, 4.69) is 20.0 Å². The van der Waals surface area contributed by atoms with E-state index in [0.717, 1.165) is 36.4 Å². The van der Waals surface area contributed by atoms with Crippen LogP contribution in [0.2, 0.25) is 0 Å². The van der Waals surface area contributed by atoms with E-state index in [-0.39, 0.29) is 0 Å². The Kier molecular flexibility index (Phi) is 2.66. The summed E-state index contributed by atoms with van der Waals surface area (Å²) in [6.07, 6.45) is 5.25. The standard InChI is InChI=1S/C14H19N5O/c1-8-12-13(16-7-17-14(12)20-18-8)19-5-9-3-2-4-11(15)10(9)6-19/h7,9-11H,2-6,15H2,1H3. The van der Waals surface area contributed by atoms with E-state index in [1.165, 1.54) is 12.8 Å². The van der Waals surface area contributed by atoms with Crippen LogP contribution >= 0.6 is 0 Å². The first-order valence-corrected chi connectivity index (χ1v) is 7.31. The fourth-order valence-electron chi connectivity index (χ4n) is 3.83. The van der Waals surface area contributed by atoms with E-state index in [4.69, 9.17) is 10.3 Å². The second-order valence-electron chi connectivity index (χ2n) is 6.07. The molecule has 6 heteroatoms. The molecule has 1 aliphatic heterocycles. The van der Waals surface area contributed by atoms with Crippen LogP contribution < -0.4 is 10.6 Å². The van der Waals surface area contributed by atoms with Crippen molar-refractivity contribution in [3.63, 3.8) is 0 Å². The normalized spacial score (nSPS) is 29.9. The van der Waals surface area contributed by atoms with Crippen LogP contribution in [0.5, 0.6) is 0 Å². The van der Waals surface area contributed by atoms with Gasteiger partial charge in [-0.3, -0.25) is 0 Å². The van der Waals surface area contributed by atoms with Crippen LogP contribution in [0.4, 0.5) is 5.82 Å². The molecule has 6 nitrogen and oxygen atoms in total. The summed E-state index contributed by atoms with van der Waals surface area (Å²) >= 11 is 0. The molecule has 3 atom stereocenters. The Balaban J connectivity index is 1.72. The van der Waals surface area contributed by atoms with Crippen molar-refractivity contribution in [2.24, 2.45) is 17.6 Å². The van der Waals surface area contributed by atoms with Crippen molar-refractivity contribution < 1.29 is 4.52 Å². The molecule has 1 saturated carbocycles. The number of rotatable bonds is 1. The third kappa shape index (κ3) is 1.71. The van der Waals surface area contributed by atoms with Crippen molar-refractivity contribution >= 4 is 16.9 Å². The summed E-state index contributed by atoms with van der Waals surface area (Å²) in [5.74, 6) is 2.24. The Morgan fingerprint density at radius 2 is 2.20 bits per heavy atom. The van der Waals surface area contributed by atoms with Gasteiger partial charge in [-0.25, -0.2) is 4.98 Å². The number of fused-ring (bicyclic) bond motifs is 2. The first kappa shape index (κ1) is 12.1. The monoisotopic (exact) mass is 273 g/mol. The predicted octanol–water partition coefficient (Wildman–Crippen LogP) is 1.49. The summed E-state index contributed by atoms with van der Waals surface area (Å²) in [6, 6.07) is 0.333. The van der Waals surface area contributed by atoms with Gasteiger partial charge in [0.25, 0.3) is 5.71 Å². The molecule has 20 heavy (non-hydrogen) atoms. The van der Waals surface area contributed by atoms with Crippen molar-refractivity contribution in [1.29, 1.82) is 0 Å². The number of nitrogens with zero attached hydrogens (tertiary/aromatic N) is 4. The molecule has 2 N–H and O–H groups in total. The predicted molar refractivity (Wildman–Crippen MR) is 75.4 cm³/mol. The highest BCUT2D eigenvalue weighted by Crippen LogP contribution is 2.38. The molecule has 2 aromatic heterocycles. The summed E-state index contributed by atoms with van der Waals surface area (Å²) in [5, 5.41) is 4.95. The molecule has 2 aromatic rings.